The molecule has 19 heavy (non-hydrogen) atoms. The van der Waals surface area contributed by atoms with Crippen LogP contribution in [-0.2, 0) is 6.42 Å². The Labute approximate surface area is 117 Å². The maximum Gasteiger partial charge on any atom is 0.128 e. The smallest absolute Gasteiger partial charge is 0.128 e. The maximum atomic E-state index is 13.7. The van der Waals surface area contributed by atoms with E-state index < -0.39 is 6.04 Å². The van der Waals surface area contributed by atoms with E-state index in [0.29, 0.717) is 17.0 Å². The summed E-state index contributed by atoms with van der Waals surface area (Å²) in [5.41, 5.74) is 7.49. The Morgan fingerprint density at radius 1 is 1.21 bits per heavy atom. The van der Waals surface area contributed by atoms with Crippen molar-refractivity contribution >= 4 is 11.6 Å². The Bertz CT molecular complexity index is 557. The fourth-order valence-corrected chi connectivity index (χ4v) is 2.10. The van der Waals surface area contributed by atoms with E-state index in [2.05, 4.69) is 0 Å². The van der Waals surface area contributed by atoms with Crippen LogP contribution in [0.15, 0.2) is 42.5 Å². The lowest BCUT2D eigenvalue weighted by atomic mass is 9.99. The van der Waals surface area contributed by atoms with Crippen molar-refractivity contribution in [2.75, 3.05) is 7.11 Å². The highest BCUT2D eigenvalue weighted by Gasteiger charge is 2.12. The minimum Gasteiger partial charge on any atom is -0.497 e. The van der Waals surface area contributed by atoms with Gasteiger partial charge in [0.05, 0.1) is 7.11 Å². The molecule has 0 aliphatic heterocycles. The van der Waals surface area contributed by atoms with Crippen molar-refractivity contribution in [3.05, 3.63) is 64.4 Å². The van der Waals surface area contributed by atoms with Gasteiger partial charge in [-0.3, -0.25) is 0 Å². The zero-order chi connectivity index (χ0) is 13.8. The van der Waals surface area contributed by atoms with Crippen molar-refractivity contribution in [3.8, 4) is 5.75 Å². The number of hydrogen-bond donors (Lipinski definition) is 1. The van der Waals surface area contributed by atoms with E-state index in [0.717, 1.165) is 11.3 Å². The quantitative estimate of drug-likeness (QED) is 0.925. The van der Waals surface area contributed by atoms with Crippen LogP contribution in [0.3, 0.4) is 0 Å². The molecule has 100 valence electrons. The van der Waals surface area contributed by atoms with Gasteiger partial charge in [0.2, 0.25) is 0 Å². The number of methoxy groups -OCH3 is 1. The van der Waals surface area contributed by atoms with Crippen LogP contribution in [0.1, 0.15) is 17.2 Å². The lowest BCUT2D eigenvalue weighted by molar-refractivity contribution is 0.414. The molecule has 4 heteroatoms. The predicted octanol–water partition coefficient (Wildman–Crippen LogP) is 3.73. The summed E-state index contributed by atoms with van der Waals surface area (Å²) in [5, 5.41) is 0.488. The first-order valence-corrected chi connectivity index (χ1v) is 6.31. The molecule has 0 aliphatic rings. The van der Waals surface area contributed by atoms with Crippen molar-refractivity contribution in [1.82, 2.24) is 0 Å². The second kappa shape index (κ2) is 6.04. The van der Waals surface area contributed by atoms with Crippen LogP contribution in [0.5, 0.6) is 5.75 Å². The molecular formula is C15H15ClFNO. The number of nitrogens with two attached hydrogens (primary N) is 1. The van der Waals surface area contributed by atoms with Crippen LogP contribution in [0.4, 0.5) is 4.39 Å². The Kier molecular flexibility index (Phi) is 4.40. The Morgan fingerprint density at radius 2 is 1.89 bits per heavy atom. The zero-order valence-corrected chi connectivity index (χ0v) is 11.3. The average molecular weight is 280 g/mol. The molecular weight excluding hydrogens is 265 g/mol. The van der Waals surface area contributed by atoms with Crippen LogP contribution in [0.25, 0.3) is 0 Å². The normalized spacial score (nSPS) is 12.2. The molecule has 0 amide bonds. The van der Waals surface area contributed by atoms with E-state index in [1.165, 1.54) is 12.1 Å². The van der Waals surface area contributed by atoms with Crippen LogP contribution in [0, 0.1) is 5.82 Å². The topological polar surface area (TPSA) is 35.2 Å². The Balaban J connectivity index is 2.15. The molecule has 0 spiro atoms. The number of halogens is 2. The summed E-state index contributed by atoms with van der Waals surface area (Å²) in [6.45, 7) is 0. The maximum absolute atomic E-state index is 13.7. The molecule has 0 saturated heterocycles. The van der Waals surface area contributed by atoms with Crippen molar-refractivity contribution in [2.45, 2.75) is 12.5 Å². The lowest BCUT2D eigenvalue weighted by Crippen LogP contribution is -2.15. The van der Waals surface area contributed by atoms with Gasteiger partial charge < -0.3 is 10.5 Å². The molecule has 0 fully saturated rings. The third-order valence-electron chi connectivity index (χ3n) is 2.97. The largest absolute Gasteiger partial charge is 0.497 e. The molecule has 0 heterocycles. The standard InChI is InChI=1S/C15H15ClFNO/c1-19-12-5-2-10(3-6-12)8-15(18)13-9-11(16)4-7-14(13)17/h2-7,9,15H,8,18H2,1H3. The monoisotopic (exact) mass is 279 g/mol. The van der Waals surface area contributed by atoms with Crippen LogP contribution in [-0.4, -0.2) is 7.11 Å². The molecule has 1 unspecified atom stereocenters. The van der Waals surface area contributed by atoms with E-state index in [9.17, 15) is 4.39 Å². The summed E-state index contributed by atoms with van der Waals surface area (Å²) in [6.07, 6.45) is 0.543. The molecule has 2 nitrogen and oxygen atoms in total. The van der Waals surface area contributed by atoms with Gasteiger partial charge in [0.15, 0.2) is 0 Å². The minimum atomic E-state index is -0.424. The first kappa shape index (κ1) is 13.8. The highest BCUT2D eigenvalue weighted by atomic mass is 35.5. The second-order valence-electron chi connectivity index (χ2n) is 4.32. The van der Waals surface area contributed by atoms with E-state index >= 15 is 0 Å². The van der Waals surface area contributed by atoms with Crippen molar-refractivity contribution < 1.29 is 9.13 Å². The van der Waals surface area contributed by atoms with Gasteiger partial charge in [-0.2, -0.15) is 0 Å². The van der Waals surface area contributed by atoms with Gasteiger partial charge in [-0.25, -0.2) is 4.39 Å². The van der Waals surface area contributed by atoms with Crippen LogP contribution >= 0.6 is 11.6 Å². The van der Waals surface area contributed by atoms with Crippen LogP contribution in [0.2, 0.25) is 5.02 Å². The van der Waals surface area contributed by atoms with E-state index in [4.69, 9.17) is 22.1 Å². The molecule has 0 radical (unpaired) electrons. The molecule has 0 saturated carbocycles. The molecule has 2 rings (SSSR count). The summed E-state index contributed by atoms with van der Waals surface area (Å²) < 4.78 is 18.8. The van der Waals surface area contributed by atoms with E-state index in [1.54, 1.807) is 13.2 Å². The molecule has 2 N–H and O–H groups in total. The molecule has 2 aromatic rings. The van der Waals surface area contributed by atoms with Crippen molar-refractivity contribution in [1.29, 1.82) is 0 Å². The number of benzene rings is 2. The highest BCUT2D eigenvalue weighted by molar-refractivity contribution is 6.30. The molecule has 0 aromatic heterocycles. The number of ether oxygens (including phenoxy) is 1. The third kappa shape index (κ3) is 3.46. The Hall–Kier alpha value is -1.58. The molecule has 0 bridgehead atoms. The highest BCUT2D eigenvalue weighted by Crippen LogP contribution is 2.23. The summed E-state index contributed by atoms with van der Waals surface area (Å²) in [6, 6.07) is 11.6. The molecule has 0 aliphatic carbocycles. The summed E-state index contributed by atoms with van der Waals surface area (Å²) in [4.78, 5) is 0. The van der Waals surface area contributed by atoms with Gasteiger partial charge in [0.25, 0.3) is 0 Å². The van der Waals surface area contributed by atoms with E-state index in [-0.39, 0.29) is 5.82 Å². The first-order chi connectivity index (χ1) is 9.10. The molecule has 1 atom stereocenters. The lowest BCUT2D eigenvalue weighted by Gasteiger charge is -2.13. The van der Waals surface area contributed by atoms with Gasteiger partial charge in [-0.15, -0.1) is 0 Å². The third-order valence-corrected chi connectivity index (χ3v) is 3.21. The van der Waals surface area contributed by atoms with Crippen molar-refractivity contribution in [2.24, 2.45) is 5.73 Å². The zero-order valence-electron chi connectivity index (χ0n) is 10.6. The van der Waals surface area contributed by atoms with Gasteiger partial charge in [-0.05, 0) is 42.3 Å². The SMILES string of the molecule is COc1ccc(CC(N)c2cc(Cl)ccc2F)cc1. The van der Waals surface area contributed by atoms with Crippen molar-refractivity contribution in [3.63, 3.8) is 0 Å². The van der Waals surface area contributed by atoms with Gasteiger partial charge in [0.1, 0.15) is 11.6 Å². The number of rotatable bonds is 4. The van der Waals surface area contributed by atoms with Gasteiger partial charge in [0, 0.05) is 16.6 Å². The minimum absolute atomic E-state index is 0.328. The fourth-order valence-electron chi connectivity index (χ4n) is 1.92. The van der Waals surface area contributed by atoms with E-state index in [1.807, 2.05) is 24.3 Å². The fraction of sp³-hybridized carbons (Fsp3) is 0.200. The second-order valence-corrected chi connectivity index (χ2v) is 4.76. The Morgan fingerprint density at radius 3 is 2.53 bits per heavy atom. The first-order valence-electron chi connectivity index (χ1n) is 5.93. The molecule has 2 aromatic carbocycles. The summed E-state index contributed by atoms with van der Waals surface area (Å²) >= 11 is 5.86. The summed E-state index contributed by atoms with van der Waals surface area (Å²) in [7, 11) is 1.61. The predicted molar refractivity (Wildman–Crippen MR) is 75.0 cm³/mol. The average Bonchev–Trinajstić information content (AvgIpc) is 2.42. The van der Waals surface area contributed by atoms with Gasteiger partial charge in [-0.1, -0.05) is 23.7 Å². The van der Waals surface area contributed by atoms with Crippen LogP contribution < -0.4 is 10.5 Å². The number of hydrogen-bond acceptors (Lipinski definition) is 2. The van der Waals surface area contributed by atoms with Gasteiger partial charge >= 0.3 is 0 Å². The summed E-state index contributed by atoms with van der Waals surface area (Å²) in [5.74, 6) is 0.455.